The van der Waals surface area contributed by atoms with Crippen molar-refractivity contribution in [3.63, 3.8) is 0 Å². The van der Waals surface area contributed by atoms with Crippen molar-refractivity contribution in [2.24, 2.45) is 0 Å². The first-order chi connectivity index (χ1) is 38.5. The Kier molecular flexibility index (Phi) is 65.6. The molecule has 0 saturated carbocycles. The van der Waals surface area contributed by atoms with Gasteiger partial charge in [-0.15, -0.1) is 0 Å². The van der Waals surface area contributed by atoms with Crippen molar-refractivity contribution in [1.82, 2.24) is 0 Å². The van der Waals surface area contributed by atoms with E-state index in [1.165, 1.54) is 302 Å². The Morgan fingerprint density at radius 2 is 0.423 bits per heavy atom. The number of rotatable bonds is 66. The van der Waals surface area contributed by atoms with Crippen molar-refractivity contribution in [1.29, 1.82) is 0 Å². The highest BCUT2D eigenvalue weighted by molar-refractivity contribution is 5.71. The van der Waals surface area contributed by atoms with Gasteiger partial charge in [-0.2, -0.15) is 0 Å². The summed E-state index contributed by atoms with van der Waals surface area (Å²) >= 11 is 0. The second kappa shape index (κ2) is 67.4. The zero-order chi connectivity index (χ0) is 56.4. The van der Waals surface area contributed by atoms with E-state index >= 15 is 0 Å². The number of unbranched alkanes of at least 4 members (excludes halogenated alkanes) is 51. The van der Waals surface area contributed by atoms with Crippen LogP contribution in [0.1, 0.15) is 400 Å². The quantitative estimate of drug-likeness (QED) is 0.0261. The predicted octanol–water partition coefficient (Wildman–Crippen LogP) is 24.2. The molecular weight excluding hydrogens is 961 g/mol. The van der Waals surface area contributed by atoms with Crippen LogP contribution in [0.3, 0.4) is 0 Å². The van der Waals surface area contributed by atoms with E-state index in [9.17, 15) is 14.4 Å². The number of esters is 3. The van der Waals surface area contributed by atoms with E-state index in [-0.39, 0.29) is 31.1 Å². The molecule has 0 amide bonds. The molecule has 78 heavy (non-hydrogen) atoms. The van der Waals surface area contributed by atoms with E-state index in [0.717, 1.165) is 57.8 Å². The molecule has 6 heteroatoms. The summed E-state index contributed by atoms with van der Waals surface area (Å²) in [5, 5.41) is 0. The van der Waals surface area contributed by atoms with E-state index in [1.807, 2.05) is 0 Å². The molecule has 0 aromatic rings. The first kappa shape index (κ1) is 75.9. The molecule has 0 aliphatic rings. The van der Waals surface area contributed by atoms with Gasteiger partial charge in [0.15, 0.2) is 6.10 Å². The molecular formula is C72H136O6. The largest absolute Gasteiger partial charge is 0.462 e. The van der Waals surface area contributed by atoms with Gasteiger partial charge in [0.05, 0.1) is 0 Å². The van der Waals surface area contributed by atoms with Crippen LogP contribution in [0.25, 0.3) is 0 Å². The van der Waals surface area contributed by atoms with Crippen molar-refractivity contribution >= 4 is 17.9 Å². The normalized spacial score (nSPS) is 12.1. The van der Waals surface area contributed by atoms with Gasteiger partial charge in [0.2, 0.25) is 0 Å². The molecule has 0 aliphatic heterocycles. The SMILES string of the molecule is CCCCCCCCCC/C=C\CCCCCCCCCCCCCC(=O)OCC(COC(=O)CCCCCCCCCCCCCCCC)OC(=O)CCCCCCCCCCCCC/C=C\CCCCCCCCCC. The third kappa shape index (κ3) is 64.7. The van der Waals surface area contributed by atoms with Gasteiger partial charge < -0.3 is 14.2 Å². The summed E-state index contributed by atoms with van der Waals surface area (Å²) in [7, 11) is 0. The van der Waals surface area contributed by atoms with Crippen LogP contribution in [0.2, 0.25) is 0 Å². The topological polar surface area (TPSA) is 78.9 Å². The predicted molar refractivity (Wildman–Crippen MR) is 340 cm³/mol. The number of carbonyl (C=O) groups excluding carboxylic acids is 3. The molecule has 0 fully saturated rings. The van der Waals surface area contributed by atoms with Crippen LogP contribution in [-0.4, -0.2) is 37.2 Å². The summed E-state index contributed by atoms with van der Waals surface area (Å²) < 4.78 is 17.0. The number of carbonyl (C=O) groups is 3. The Morgan fingerprint density at radius 3 is 0.641 bits per heavy atom. The summed E-state index contributed by atoms with van der Waals surface area (Å²) in [6.45, 7) is 6.72. The number of hydrogen-bond donors (Lipinski definition) is 0. The van der Waals surface area contributed by atoms with Crippen molar-refractivity contribution in [2.45, 2.75) is 406 Å². The van der Waals surface area contributed by atoms with Crippen LogP contribution in [0.4, 0.5) is 0 Å². The molecule has 0 rings (SSSR count). The Balaban J connectivity index is 4.26. The molecule has 0 aromatic heterocycles. The van der Waals surface area contributed by atoms with Crippen LogP contribution in [-0.2, 0) is 28.6 Å². The lowest BCUT2D eigenvalue weighted by Crippen LogP contribution is -2.30. The fourth-order valence-corrected chi connectivity index (χ4v) is 10.8. The number of hydrogen-bond acceptors (Lipinski definition) is 6. The third-order valence-electron chi connectivity index (χ3n) is 16.2. The molecule has 0 saturated heterocycles. The van der Waals surface area contributed by atoms with Gasteiger partial charge in [-0.3, -0.25) is 14.4 Å². The lowest BCUT2D eigenvalue weighted by molar-refractivity contribution is -0.167. The molecule has 460 valence electrons. The van der Waals surface area contributed by atoms with E-state index in [4.69, 9.17) is 14.2 Å². The molecule has 0 aromatic carbocycles. The molecule has 0 heterocycles. The Bertz CT molecular complexity index is 1260. The van der Waals surface area contributed by atoms with Crippen LogP contribution in [0.5, 0.6) is 0 Å². The summed E-state index contributed by atoms with van der Waals surface area (Å²) in [5.41, 5.74) is 0. The summed E-state index contributed by atoms with van der Waals surface area (Å²) in [6, 6.07) is 0. The maximum Gasteiger partial charge on any atom is 0.306 e. The summed E-state index contributed by atoms with van der Waals surface area (Å²) in [6.07, 6.45) is 82.0. The minimum absolute atomic E-state index is 0.0658. The molecule has 6 nitrogen and oxygen atoms in total. The van der Waals surface area contributed by atoms with Crippen LogP contribution >= 0.6 is 0 Å². The van der Waals surface area contributed by atoms with Crippen LogP contribution < -0.4 is 0 Å². The lowest BCUT2D eigenvalue weighted by Gasteiger charge is -2.18. The fourth-order valence-electron chi connectivity index (χ4n) is 10.8. The van der Waals surface area contributed by atoms with Crippen molar-refractivity contribution < 1.29 is 28.6 Å². The maximum absolute atomic E-state index is 13.0. The molecule has 0 aliphatic carbocycles. The van der Waals surface area contributed by atoms with Crippen molar-refractivity contribution in [3.8, 4) is 0 Å². The first-order valence-electron chi connectivity index (χ1n) is 35.3. The zero-order valence-corrected chi connectivity index (χ0v) is 53.0. The summed E-state index contributed by atoms with van der Waals surface area (Å²) in [5.74, 6) is -0.836. The maximum atomic E-state index is 13.0. The van der Waals surface area contributed by atoms with E-state index < -0.39 is 6.10 Å². The molecule has 1 unspecified atom stereocenters. The molecule has 0 radical (unpaired) electrons. The fraction of sp³-hybridized carbons (Fsp3) is 0.903. The van der Waals surface area contributed by atoms with Gasteiger partial charge in [-0.05, 0) is 70.6 Å². The lowest BCUT2D eigenvalue weighted by atomic mass is 10.0. The number of ether oxygens (including phenoxy) is 3. The second-order valence-electron chi connectivity index (χ2n) is 24.1. The van der Waals surface area contributed by atoms with Crippen molar-refractivity contribution in [2.75, 3.05) is 13.2 Å². The van der Waals surface area contributed by atoms with Gasteiger partial charge in [-0.1, -0.05) is 334 Å². The summed E-state index contributed by atoms with van der Waals surface area (Å²) in [4.78, 5) is 38.4. The van der Waals surface area contributed by atoms with Gasteiger partial charge in [0.25, 0.3) is 0 Å². The van der Waals surface area contributed by atoms with Gasteiger partial charge in [0.1, 0.15) is 13.2 Å². The average Bonchev–Trinajstić information content (AvgIpc) is 3.44. The molecule has 0 N–H and O–H groups in total. The monoisotopic (exact) mass is 1100 g/mol. The Morgan fingerprint density at radius 1 is 0.244 bits per heavy atom. The number of allylic oxidation sites excluding steroid dienone is 4. The van der Waals surface area contributed by atoms with Crippen LogP contribution in [0, 0.1) is 0 Å². The average molecular weight is 1100 g/mol. The van der Waals surface area contributed by atoms with Gasteiger partial charge >= 0.3 is 17.9 Å². The minimum atomic E-state index is -0.769. The highest BCUT2D eigenvalue weighted by atomic mass is 16.6. The van der Waals surface area contributed by atoms with Crippen LogP contribution in [0.15, 0.2) is 24.3 Å². The van der Waals surface area contributed by atoms with E-state index in [0.29, 0.717) is 19.3 Å². The first-order valence-corrected chi connectivity index (χ1v) is 35.3. The zero-order valence-electron chi connectivity index (χ0n) is 53.0. The minimum Gasteiger partial charge on any atom is -0.462 e. The van der Waals surface area contributed by atoms with E-state index in [2.05, 4.69) is 45.1 Å². The highest BCUT2D eigenvalue weighted by Gasteiger charge is 2.19. The molecule has 1 atom stereocenters. The highest BCUT2D eigenvalue weighted by Crippen LogP contribution is 2.18. The molecule has 0 spiro atoms. The van der Waals surface area contributed by atoms with Gasteiger partial charge in [-0.25, -0.2) is 0 Å². The Hall–Kier alpha value is -2.11. The smallest absolute Gasteiger partial charge is 0.306 e. The third-order valence-corrected chi connectivity index (χ3v) is 16.2. The standard InChI is InChI=1S/C72H136O6/c1-4-7-10-13-16-19-22-25-28-30-32-34-36-38-40-42-44-47-50-53-56-59-62-65-71(74)77-68-69(67-76-70(73)64-61-58-55-52-49-46-27-24-21-18-15-12-9-6-3)78-72(75)66-63-60-57-54-51-48-45-43-41-39-37-35-33-31-29-26-23-20-17-14-11-8-5-2/h30-33,69H,4-29,34-68H2,1-3H3/b32-30-,33-31-. The van der Waals surface area contributed by atoms with Gasteiger partial charge in [0, 0.05) is 19.3 Å². The Labute approximate surface area is 487 Å². The van der Waals surface area contributed by atoms with E-state index in [1.54, 1.807) is 0 Å². The second-order valence-corrected chi connectivity index (χ2v) is 24.1. The van der Waals surface area contributed by atoms with Crippen molar-refractivity contribution in [3.05, 3.63) is 24.3 Å². The molecule has 0 bridgehead atoms.